The summed E-state index contributed by atoms with van der Waals surface area (Å²) in [5.41, 5.74) is 2.85. The highest BCUT2D eigenvalue weighted by molar-refractivity contribution is 5.87. The SMILES string of the molecule is C=C1C=CC(NC(=O)Cc2ccc(-c3cnc4[nH]c(-c5ccnc(N6CCOCC6)c5)cc4c3)c(F)c2)=CC(C(F)(F)F)=C1. The average Bonchev–Trinajstić information content (AvgIpc) is 3.34. The molecule has 1 aliphatic heterocycles. The molecule has 1 saturated heterocycles. The van der Waals surface area contributed by atoms with Crippen molar-refractivity contribution < 1.29 is 27.1 Å². The van der Waals surface area contributed by atoms with E-state index in [9.17, 15) is 18.0 Å². The zero-order chi connectivity index (χ0) is 30.8. The number of morpholine rings is 1. The molecule has 11 heteroatoms. The first kappa shape index (κ1) is 29.1. The van der Waals surface area contributed by atoms with Crippen molar-refractivity contribution in [2.45, 2.75) is 12.6 Å². The van der Waals surface area contributed by atoms with Crippen LogP contribution in [0, 0.1) is 5.82 Å². The van der Waals surface area contributed by atoms with Gasteiger partial charge in [-0.2, -0.15) is 13.2 Å². The number of H-pyrrole nitrogens is 1. The Hall–Kier alpha value is -5.03. The van der Waals surface area contributed by atoms with Crippen LogP contribution in [0.1, 0.15) is 5.56 Å². The number of hydrogen-bond acceptors (Lipinski definition) is 5. The van der Waals surface area contributed by atoms with E-state index in [1.807, 2.05) is 24.3 Å². The summed E-state index contributed by atoms with van der Waals surface area (Å²) in [5, 5.41) is 3.26. The molecule has 0 bridgehead atoms. The Kier molecular flexibility index (Phi) is 7.88. The van der Waals surface area contributed by atoms with E-state index in [1.165, 1.54) is 18.2 Å². The quantitative estimate of drug-likeness (QED) is 0.249. The molecule has 0 saturated carbocycles. The summed E-state index contributed by atoms with van der Waals surface area (Å²) in [7, 11) is 0. The second-order valence-electron chi connectivity index (χ2n) is 10.5. The largest absolute Gasteiger partial charge is 0.416 e. The van der Waals surface area contributed by atoms with Gasteiger partial charge in [-0.3, -0.25) is 4.79 Å². The number of nitrogens with one attached hydrogen (secondary N) is 2. The lowest BCUT2D eigenvalue weighted by Gasteiger charge is -2.27. The molecule has 224 valence electrons. The first-order chi connectivity index (χ1) is 21.1. The maximum Gasteiger partial charge on any atom is 0.416 e. The molecule has 4 heterocycles. The van der Waals surface area contributed by atoms with E-state index in [4.69, 9.17) is 4.74 Å². The smallest absolute Gasteiger partial charge is 0.378 e. The number of rotatable bonds is 6. The number of nitrogens with zero attached hydrogens (tertiary/aromatic N) is 3. The minimum absolute atomic E-state index is 0.0383. The van der Waals surface area contributed by atoms with Crippen LogP contribution in [0.4, 0.5) is 23.4 Å². The summed E-state index contributed by atoms with van der Waals surface area (Å²) in [4.78, 5) is 27.1. The highest BCUT2D eigenvalue weighted by Gasteiger charge is 2.33. The molecule has 6 rings (SSSR count). The average molecular weight is 602 g/mol. The van der Waals surface area contributed by atoms with Gasteiger partial charge in [0.25, 0.3) is 0 Å². The number of carbonyl (C=O) groups is 1. The molecule has 4 aromatic rings. The van der Waals surface area contributed by atoms with Gasteiger partial charge in [0, 0.05) is 59.0 Å². The number of fused-ring (bicyclic) bond motifs is 1. The summed E-state index contributed by atoms with van der Waals surface area (Å²) in [5.74, 6) is -0.272. The lowest BCUT2D eigenvalue weighted by molar-refractivity contribution is -0.119. The van der Waals surface area contributed by atoms with Crippen LogP contribution in [0.15, 0.2) is 103 Å². The molecule has 1 aliphatic carbocycles. The molecule has 1 aromatic carbocycles. The van der Waals surface area contributed by atoms with Crippen molar-refractivity contribution in [1.29, 1.82) is 0 Å². The molecule has 0 radical (unpaired) electrons. The van der Waals surface area contributed by atoms with Gasteiger partial charge in [-0.25, -0.2) is 14.4 Å². The number of allylic oxidation sites excluding steroid dienone is 6. The van der Waals surface area contributed by atoms with Crippen molar-refractivity contribution >= 4 is 22.8 Å². The Morgan fingerprint density at radius 1 is 1.02 bits per heavy atom. The summed E-state index contributed by atoms with van der Waals surface area (Å²) < 4.78 is 60.5. The summed E-state index contributed by atoms with van der Waals surface area (Å²) in [6.45, 7) is 6.41. The number of carbonyl (C=O) groups excluding carboxylic acids is 1. The number of pyridine rings is 2. The number of halogens is 4. The van der Waals surface area contributed by atoms with Gasteiger partial charge >= 0.3 is 6.18 Å². The topological polar surface area (TPSA) is 83.1 Å². The minimum atomic E-state index is -4.60. The number of alkyl halides is 3. The van der Waals surface area contributed by atoms with Crippen LogP contribution in [0.3, 0.4) is 0 Å². The van der Waals surface area contributed by atoms with Gasteiger partial charge in [0.05, 0.1) is 25.2 Å². The van der Waals surface area contributed by atoms with Crippen molar-refractivity contribution in [3.63, 3.8) is 0 Å². The Bertz CT molecular complexity index is 1850. The first-order valence-corrected chi connectivity index (χ1v) is 13.9. The molecule has 3 aromatic heterocycles. The second kappa shape index (κ2) is 11.9. The summed E-state index contributed by atoms with van der Waals surface area (Å²) >= 11 is 0. The fraction of sp³-hybridized carbons (Fsp3) is 0.182. The maximum atomic E-state index is 15.3. The van der Waals surface area contributed by atoms with E-state index >= 15 is 4.39 Å². The molecule has 2 N–H and O–H groups in total. The third-order valence-corrected chi connectivity index (χ3v) is 7.31. The van der Waals surface area contributed by atoms with Crippen molar-refractivity contribution in [1.82, 2.24) is 20.3 Å². The highest BCUT2D eigenvalue weighted by Crippen LogP contribution is 2.31. The molecule has 0 atom stereocenters. The molecular formula is C33H27F4N5O2. The number of aromatic nitrogens is 3. The first-order valence-electron chi connectivity index (χ1n) is 13.9. The number of ether oxygens (including phenoxy) is 1. The lowest BCUT2D eigenvalue weighted by atomic mass is 10.0. The Labute approximate surface area is 250 Å². The molecule has 7 nitrogen and oxygen atoms in total. The van der Waals surface area contributed by atoms with Crippen LogP contribution in [0.2, 0.25) is 0 Å². The van der Waals surface area contributed by atoms with E-state index in [0.29, 0.717) is 35.6 Å². The van der Waals surface area contributed by atoms with Crippen molar-refractivity contribution in [3.05, 3.63) is 114 Å². The molecule has 44 heavy (non-hydrogen) atoms. The zero-order valence-electron chi connectivity index (χ0n) is 23.4. The van der Waals surface area contributed by atoms with Crippen LogP contribution in [0.5, 0.6) is 0 Å². The van der Waals surface area contributed by atoms with E-state index in [2.05, 4.69) is 31.7 Å². The summed E-state index contributed by atoms with van der Waals surface area (Å²) in [6.07, 6.45) is 2.95. The van der Waals surface area contributed by atoms with Gasteiger partial charge < -0.3 is 19.9 Å². The monoisotopic (exact) mass is 601 g/mol. The Balaban J connectivity index is 1.17. The third-order valence-electron chi connectivity index (χ3n) is 7.31. The van der Waals surface area contributed by atoms with Crippen LogP contribution in [-0.4, -0.2) is 53.3 Å². The predicted molar refractivity (Wildman–Crippen MR) is 160 cm³/mol. The van der Waals surface area contributed by atoms with E-state index in [-0.39, 0.29) is 17.7 Å². The molecule has 2 aliphatic rings. The van der Waals surface area contributed by atoms with Crippen LogP contribution >= 0.6 is 0 Å². The van der Waals surface area contributed by atoms with Crippen molar-refractivity contribution in [2.75, 3.05) is 31.2 Å². The highest BCUT2D eigenvalue weighted by atomic mass is 19.4. The Morgan fingerprint density at radius 3 is 2.61 bits per heavy atom. The standard InChI is InChI=1S/C33H27F4N5O2/c1-20-2-4-26(18-25(12-20)33(35,36)37)40-31(43)14-21-3-5-27(28(34)13-21)24-15-23-16-29(41-32(23)39-19-24)22-6-7-38-30(17-22)42-8-10-44-11-9-42/h2-7,12-13,15-19H,1,8-11,14H2,(H,39,41)(H,40,43). The minimum Gasteiger partial charge on any atom is -0.378 e. The molecule has 0 unspecified atom stereocenters. The number of anilines is 1. The zero-order valence-corrected chi connectivity index (χ0v) is 23.4. The molecule has 0 spiro atoms. The number of aromatic amines is 1. The lowest BCUT2D eigenvalue weighted by Crippen LogP contribution is -2.36. The molecular weight excluding hydrogens is 574 g/mol. The van der Waals surface area contributed by atoms with Crippen molar-refractivity contribution in [2.24, 2.45) is 0 Å². The van der Waals surface area contributed by atoms with Gasteiger partial charge in [-0.15, -0.1) is 0 Å². The number of benzene rings is 1. The van der Waals surface area contributed by atoms with Crippen LogP contribution in [-0.2, 0) is 16.0 Å². The van der Waals surface area contributed by atoms with Gasteiger partial charge in [0.2, 0.25) is 5.91 Å². The fourth-order valence-electron chi connectivity index (χ4n) is 5.11. The normalized spacial score (nSPS) is 15.6. The number of hydrogen-bond donors (Lipinski definition) is 2. The molecule has 1 fully saturated rings. The van der Waals surface area contributed by atoms with E-state index < -0.39 is 23.5 Å². The van der Waals surface area contributed by atoms with Gasteiger partial charge in [0.15, 0.2) is 0 Å². The predicted octanol–water partition coefficient (Wildman–Crippen LogP) is 6.42. The van der Waals surface area contributed by atoms with Crippen LogP contribution in [0.25, 0.3) is 33.4 Å². The van der Waals surface area contributed by atoms with E-state index in [0.717, 1.165) is 47.7 Å². The second-order valence-corrected chi connectivity index (χ2v) is 10.5. The maximum absolute atomic E-state index is 15.3. The van der Waals surface area contributed by atoms with Gasteiger partial charge in [-0.05, 0) is 59.7 Å². The number of amides is 1. The molecule has 1 amide bonds. The van der Waals surface area contributed by atoms with Gasteiger partial charge in [-0.1, -0.05) is 24.8 Å². The van der Waals surface area contributed by atoms with E-state index in [1.54, 1.807) is 24.5 Å². The summed E-state index contributed by atoms with van der Waals surface area (Å²) in [6, 6.07) is 12.1. The Morgan fingerprint density at radius 2 is 1.84 bits per heavy atom. The third kappa shape index (κ3) is 6.47. The van der Waals surface area contributed by atoms with Crippen molar-refractivity contribution in [3.8, 4) is 22.4 Å². The van der Waals surface area contributed by atoms with Gasteiger partial charge in [0.1, 0.15) is 17.3 Å². The fourth-order valence-corrected chi connectivity index (χ4v) is 5.11. The van der Waals surface area contributed by atoms with Crippen LogP contribution < -0.4 is 10.2 Å².